The van der Waals surface area contributed by atoms with Gasteiger partial charge in [-0.15, -0.1) is 0 Å². The van der Waals surface area contributed by atoms with E-state index in [1.807, 2.05) is 19.1 Å². The molecule has 2 fully saturated rings. The second-order valence-corrected chi connectivity index (χ2v) is 8.82. The molecule has 0 aliphatic carbocycles. The Morgan fingerprint density at radius 3 is 2.61 bits per heavy atom. The van der Waals surface area contributed by atoms with Crippen LogP contribution >= 0.6 is 0 Å². The fourth-order valence-corrected chi connectivity index (χ4v) is 4.78. The maximum atomic E-state index is 13.2. The predicted octanol–water partition coefficient (Wildman–Crippen LogP) is 2.47. The van der Waals surface area contributed by atoms with Gasteiger partial charge < -0.3 is 26.4 Å². The molecular weight excluding hydrogens is 420 g/mol. The minimum absolute atomic E-state index is 0.130. The summed E-state index contributed by atoms with van der Waals surface area (Å²) in [6.45, 7) is 7.72. The molecular formula is C24H34N6O3. The molecule has 1 amide bonds. The van der Waals surface area contributed by atoms with Gasteiger partial charge in [0.1, 0.15) is 5.56 Å². The number of nitrogens with one attached hydrogen (secondary N) is 3. The van der Waals surface area contributed by atoms with E-state index in [-0.39, 0.29) is 17.4 Å². The third-order valence-electron chi connectivity index (χ3n) is 6.60. The molecule has 0 bridgehead atoms. The maximum absolute atomic E-state index is 13.2. The molecule has 2 aliphatic heterocycles. The Kier molecular flexibility index (Phi) is 7.29. The van der Waals surface area contributed by atoms with Crippen molar-refractivity contribution in [2.45, 2.75) is 58.0 Å². The summed E-state index contributed by atoms with van der Waals surface area (Å²) in [5.74, 6) is 0.368. The Bertz CT molecular complexity index is 1050. The van der Waals surface area contributed by atoms with Crippen LogP contribution in [0.1, 0.15) is 60.0 Å². The van der Waals surface area contributed by atoms with Crippen LogP contribution < -0.4 is 27.2 Å². The number of rotatable bonds is 7. The number of primary amides is 1. The van der Waals surface area contributed by atoms with Crippen molar-refractivity contribution in [3.8, 4) is 0 Å². The molecule has 4 rings (SSSR count). The molecule has 0 unspecified atom stereocenters. The van der Waals surface area contributed by atoms with Gasteiger partial charge >= 0.3 is 0 Å². The molecule has 9 nitrogen and oxygen atoms in total. The molecule has 33 heavy (non-hydrogen) atoms. The van der Waals surface area contributed by atoms with Crippen molar-refractivity contribution < 1.29 is 9.53 Å². The zero-order valence-corrected chi connectivity index (χ0v) is 19.4. The quantitative estimate of drug-likeness (QED) is 0.507. The van der Waals surface area contributed by atoms with Crippen molar-refractivity contribution in [2.75, 3.05) is 36.9 Å². The van der Waals surface area contributed by atoms with Crippen LogP contribution in [-0.2, 0) is 11.3 Å². The van der Waals surface area contributed by atoms with E-state index >= 15 is 0 Å². The largest absolute Gasteiger partial charge is 0.381 e. The number of nitrogens with zero attached hydrogens (tertiary/aromatic N) is 2. The number of carbonyl (C=O) groups is 1. The van der Waals surface area contributed by atoms with E-state index in [9.17, 15) is 9.59 Å². The molecule has 0 atom stereocenters. The Hall–Kier alpha value is -2.91. The lowest BCUT2D eigenvalue weighted by molar-refractivity contribution is 0.0902. The van der Waals surface area contributed by atoms with Crippen LogP contribution in [-0.4, -0.2) is 47.8 Å². The summed E-state index contributed by atoms with van der Waals surface area (Å²) < 4.78 is 6.89. The first-order valence-corrected chi connectivity index (χ1v) is 11.8. The van der Waals surface area contributed by atoms with Crippen molar-refractivity contribution in [3.63, 3.8) is 0 Å². The molecule has 178 valence electrons. The second-order valence-electron chi connectivity index (χ2n) is 8.82. The van der Waals surface area contributed by atoms with Crippen LogP contribution in [0.5, 0.6) is 0 Å². The van der Waals surface area contributed by atoms with E-state index in [1.165, 1.54) is 15.7 Å². The number of anilines is 3. The van der Waals surface area contributed by atoms with Gasteiger partial charge in [-0.25, -0.2) is 0 Å². The van der Waals surface area contributed by atoms with E-state index in [0.717, 1.165) is 44.5 Å². The molecule has 2 aliphatic rings. The average molecular weight is 455 g/mol. The number of benzene rings is 1. The summed E-state index contributed by atoms with van der Waals surface area (Å²) in [7, 11) is 0. The first-order valence-electron chi connectivity index (χ1n) is 11.8. The Labute approximate surface area is 194 Å². The highest BCUT2D eigenvalue weighted by Crippen LogP contribution is 2.30. The molecule has 3 heterocycles. The van der Waals surface area contributed by atoms with Crippen molar-refractivity contribution >= 4 is 23.4 Å². The predicted molar refractivity (Wildman–Crippen MR) is 129 cm³/mol. The number of piperidine rings is 1. The van der Waals surface area contributed by atoms with Gasteiger partial charge in [0.25, 0.3) is 11.5 Å². The van der Waals surface area contributed by atoms with E-state index < -0.39 is 11.5 Å². The standard InChI is InChI=1S/C24H34N6O3/c1-3-30-23(32)20(21(25)31)22(29-24(30)28-17-8-12-33-13-9-17)27-18-4-5-19(15(2)14-18)16-6-10-26-11-7-16/h4-5,14,16-17,26-27H,3,6-13H2,1-2H3,(H2,25,31)(H,28,29). The van der Waals surface area contributed by atoms with Crippen LogP contribution in [0.25, 0.3) is 0 Å². The summed E-state index contributed by atoms with van der Waals surface area (Å²) in [5, 5.41) is 9.97. The highest BCUT2D eigenvalue weighted by Gasteiger charge is 2.23. The molecule has 0 radical (unpaired) electrons. The second kappa shape index (κ2) is 10.4. The van der Waals surface area contributed by atoms with Gasteiger partial charge in [-0.1, -0.05) is 6.07 Å². The normalized spacial score (nSPS) is 17.6. The summed E-state index contributed by atoms with van der Waals surface area (Å²) >= 11 is 0. The number of aromatic nitrogens is 2. The van der Waals surface area contributed by atoms with E-state index in [2.05, 4.69) is 33.9 Å². The van der Waals surface area contributed by atoms with Gasteiger partial charge in [0.05, 0.1) is 0 Å². The molecule has 9 heteroatoms. The summed E-state index contributed by atoms with van der Waals surface area (Å²) in [6.07, 6.45) is 3.91. The van der Waals surface area contributed by atoms with Crippen LogP contribution in [0.15, 0.2) is 23.0 Å². The fourth-order valence-electron chi connectivity index (χ4n) is 4.78. The van der Waals surface area contributed by atoms with Gasteiger partial charge in [0.15, 0.2) is 5.82 Å². The SMILES string of the molecule is CCn1c(NC2CCOCC2)nc(Nc2ccc(C3CCNCC3)c(C)c2)c(C(N)=O)c1=O. The number of ether oxygens (including phenoxy) is 1. The molecule has 0 saturated carbocycles. The third kappa shape index (κ3) is 5.20. The van der Waals surface area contributed by atoms with E-state index in [0.29, 0.717) is 31.6 Å². The molecule has 1 aromatic heterocycles. The van der Waals surface area contributed by atoms with Crippen molar-refractivity contribution in [1.82, 2.24) is 14.9 Å². The number of hydrogen-bond donors (Lipinski definition) is 4. The molecule has 5 N–H and O–H groups in total. The molecule has 1 aromatic carbocycles. The Morgan fingerprint density at radius 2 is 1.97 bits per heavy atom. The number of aryl methyl sites for hydroxylation is 1. The number of nitrogens with two attached hydrogens (primary N) is 1. The minimum atomic E-state index is -0.794. The van der Waals surface area contributed by atoms with Crippen LogP contribution in [0, 0.1) is 6.92 Å². The zero-order valence-electron chi connectivity index (χ0n) is 19.4. The van der Waals surface area contributed by atoms with Gasteiger partial charge in [0, 0.05) is 31.5 Å². The summed E-state index contributed by atoms with van der Waals surface area (Å²) in [5.41, 5.74) is 8.32. The Morgan fingerprint density at radius 1 is 1.24 bits per heavy atom. The lowest BCUT2D eigenvalue weighted by atomic mass is 9.87. The average Bonchev–Trinajstić information content (AvgIpc) is 2.80. The van der Waals surface area contributed by atoms with Crippen LogP contribution in [0.4, 0.5) is 17.5 Å². The van der Waals surface area contributed by atoms with Gasteiger partial charge in [-0.3, -0.25) is 14.2 Å². The van der Waals surface area contributed by atoms with E-state index in [4.69, 9.17) is 10.5 Å². The fraction of sp³-hybridized carbons (Fsp3) is 0.542. The van der Waals surface area contributed by atoms with Crippen molar-refractivity contribution in [1.29, 1.82) is 0 Å². The lowest BCUT2D eigenvalue weighted by Gasteiger charge is -2.26. The highest BCUT2D eigenvalue weighted by atomic mass is 16.5. The van der Waals surface area contributed by atoms with Crippen molar-refractivity contribution in [3.05, 3.63) is 45.2 Å². The topological polar surface area (TPSA) is 123 Å². The summed E-state index contributed by atoms with van der Waals surface area (Å²) in [4.78, 5) is 30.0. The third-order valence-corrected chi connectivity index (χ3v) is 6.60. The number of amides is 1. The molecule has 2 saturated heterocycles. The van der Waals surface area contributed by atoms with Gasteiger partial charge in [0.2, 0.25) is 5.95 Å². The van der Waals surface area contributed by atoms with Gasteiger partial charge in [-0.2, -0.15) is 4.98 Å². The Balaban J connectivity index is 1.66. The lowest BCUT2D eigenvalue weighted by Crippen LogP contribution is -2.36. The maximum Gasteiger partial charge on any atom is 0.269 e. The van der Waals surface area contributed by atoms with Crippen molar-refractivity contribution in [2.24, 2.45) is 5.73 Å². The van der Waals surface area contributed by atoms with Crippen LogP contribution in [0.2, 0.25) is 0 Å². The molecule has 0 spiro atoms. The van der Waals surface area contributed by atoms with Crippen LogP contribution in [0.3, 0.4) is 0 Å². The monoisotopic (exact) mass is 454 g/mol. The summed E-state index contributed by atoms with van der Waals surface area (Å²) in [6, 6.07) is 6.31. The highest BCUT2D eigenvalue weighted by molar-refractivity contribution is 5.98. The van der Waals surface area contributed by atoms with Gasteiger partial charge in [-0.05, 0) is 81.8 Å². The number of hydrogen-bond acceptors (Lipinski definition) is 7. The molecule has 2 aromatic rings. The minimum Gasteiger partial charge on any atom is -0.381 e. The smallest absolute Gasteiger partial charge is 0.269 e. The van der Waals surface area contributed by atoms with E-state index in [1.54, 1.807) is 0 Å². The first-order chi connectivity index (χ1) is 16.0. The first kappa shape index (κ1) is 23.3. The zero-order chi connectivity index (χ0) is 23.4. The number of carbonyl (C=O) groups excluding carboxylic acids is 1.